The summed E-state index contributed by atoms with van der Waals surface area (Å²) in [6, 6.07) is 13.0. The van der Waals surface area contributed by atoms with Crippen molar-refractivity contribution in [3.05, 3.63) is 64.8 Å². The third-order valence-corrected chi connectivity index (χ3v) is 2.90. The van der Waals surface area contributed by atoms with Gasteiger partial charge in [0.25, 0.3) is 0 Å². The van der Waals surface area contributed by atoms with Crippen LogP contribution in [0.4, 0.5) is 5.82 Å². The summed E-state index contributed by atoms with van der Waals surface area (Å²) < 4.78 is 0. The average molecular weight is 273 g/mol. The van der Waals surface area contributed by atoms with Crippen LogP contribution in [0.25, 0.3) is 6.08 Å². The van der Waals surface area contributed by atoms with Crippen LogP contribution in [-0.2, 0) is 4.79 Å². The predicted octanol–water partition coefficient (Wildman–Crippen LogP) is 3.70. The molecule has 0 atom stereocenters. The van der Waals surface area contributed by atoms with Crippen LogP contribution in [0, 0.1) is 6.92 Å². The minimum Gasteiger partial charge on any atom is -0.307 e. The number of carbonyl (C=O) groups is 1. The van der Waals surface area contributed by atoms with Crippen molar-refractivity contribution in [2.75, 3.05) is 5.32 Å². The third kappa shape index (κ3) is 3.93. The fraction of sp³-hybridized carbons (Fsp3) is 0.0667. The fourth-order valence-electron chi connectivity index (χ4n) is 1.52. The van der Waals surface area contributed by atoms with Crippen molar-refractivity contribution in [2.24, 2.45) is 0 Å². The SMILES string of the molecule is Cc1nc(NC(=O)/C=C/c2ccccc2)ccc1Cl. The van der Waals surface area contributed by atoms with Crippen LogP contribution in [0.3, 0.4) is 0 Å². The van der Waals surface area contributed by atoms with Gasteiger partial charge >= 0.3 is 0 Å². The highest BCUT2D eigenvalue weighted by Gasteiger charge is 2.01. The summed E-state index contributed by atoms with van der Waals surface area (Å²) in [7, 11) is 0. The summed E-state index contributed by atoms with van der Waals surface area (Å²) in [5.41, 5.74) is 1.66. The number of aryl methyl sites for hydroxylation is 1. The number of aromatic nitrogens is 1. The molecule has 0 radical (unpaired) electrons. The summed E-state index contributed by atoms with van der Waals surface area (Å²) in [4.78, 5) is 15.9. The first-order valence-electron chi connectivity index (χ1n) is 5.82. The van der Waals surface area contributed by atoms with Gasteiger partial charge in [-0.1, -0.05) is 41.9 Å². The molecule has 0 aliphatic carbocycles. The molecule has 96 valence electrons. The number of nitrogens with one attached hydrogen (secondary N) is 1. The Hall–Kier alpha value is -2.13. The molecule has 0 unspecified atom stereocenters. The lowest BCUT2D eigenvalue weighted by Crippen LogP contribution is -2.09. The van der Waals surface area contributed by atoms with Gasteiger partial charge < -0.3 is 5.32 Å². The first kappa shape index (κ1) is 13.3. The van der Waals surface area contributed by atoms with E-state index in [1.54, 1.807) is 25.1 Å². The van der Waals surface area contributed by atoms with E-state index in [2.05, 4.69) is 10.3 Å². The van der Waals surface area contributed by atoms with Gasteiger partial charge in [-0.2, -0.15) is 0 Å². The zero-order valence-electron chi connectivity index (χ0n) is 10.4. The third-order valence-electron chi connectivity index (χ3n) is 2.50. The van der Waals surface area contributed by atoms with E-state index in [9.17, 15) is 4.79 Å². The lowest BCUT2D eigenvalue weighted by molar-refractivity contribution is -0.111. The Labute approximate surface area is 116 Å². The standard InChI is InChI=1S/C15H13ClN2O/c1-11-13(16)8-9-14(17-11)18-15(19)10-7-12-5-3-2-4-6-12/h2-10H,1H3,(H,17,18,19)/b10-7+. The largest absolute Gasteiger partial charge is 0.307 e. The fourth-order valence-corrected chi connectivity index (χ4v) is 1.62. The topological polar surface area (TPSA) is 42.0 Å². The highest BCUT2D eigenvalue weighted by molar-refractivity contribution is 6.31. The van der Waals surface area contributed by atoms with Crippen LogP contribution in [0.2, 0.25) is 5.02 Å². The molecule has 1 aromatic heterocycles. The molecular weight excluding hydrogens is 260 g/mol. The number of hydrogen-bond donors (Lipinski definition) is 1. The number of rotatable bonds is 3. The maximum atomic E-state index is 11.7. The Morgan fingerprint density at radius 3 is 2.63 bits per heavy atom. The number of pyridine rings is 1. The van der Waals surface area contributed by atoms with Crippen LogP contribution < -0.4 is 5.32 Å². The number of amides is 1. The van der Waals surface area contributed by atoms with Crippen molar-refractivity contribution in [1.29, 1.82) is 0 Å². The number of carbonyl (C=O) groups excluding carboxylic acids is 1. The number of hydrogen-bond acceptors (Lipinski definition) is 2. The van der Waals surface area contributed by atoms with E-state index in [0.29, 0.717) is 16.5 Å². The second-order valence-corrected chi connectivity index (χ2v) is 4.40. The lowest BCUT2D eigenvalue weighted by atomic mass is 10.2. The van der Waals surface area contributed by atoms with E-state index < -0.39 is 0 Å². The van der Waals surface area contributed by atoms with Gasteiger partial charge in [-0.3, -0.25) is 4.79 Å². The first-order valence-corrected chi connectivity index (χ1v) is 6.20. The van der Waals surface area contributed by atoms with Gasteiger partial charge in [0.2, 0.25) is 5.91 Å². The van der Waals surface area contributed by atoms with E-state index in [4.69, 9.17) is 11.6 Å². The van der Waals surface area contributed by atoms with Crippen molar-refractivity contribution in [3.8, 4) is 0 Å². The van der Waals surface area contributed by atoms with Crippen molar-refractivity contribution in [1.82, 2.24) is 4.98 Å². The molecule has 3 nitrogen and oxygen atoms in total. The summed E-state index contributed by atoms with van der Waals surface area (Å²) >= 11 is 5.87. The number of nitrogens with zero attached hydrogens (tertiary/aromatic N) is 1. The highest BCUT2D eigenvalue weighted by atomic mass is 35.5. The van der Waals surface area contributed by atoms with Crippen molar-refractivity contribution >= 4 is 29.4 Å². The molecule has 19 heavy (non-hydrogen) atoms. The second-order valence-electron chi connectivity index (χ2n) is 4.00. The maximum absolute atomic E-state index is 11.7. The maximum Gasteiger partial charge on any atom is 0.249 e. The van der Waals surface area contributed by atoms with E-state index in [1.165, 1.54) is 6.08 Å². The van der Waals surface area contributed by atoms with Gasteiger partial charge in [0.05, 0.1) is 10.7 Å². The molecule has 0 fully saturated rings. The Morgan fingerprint density at radius 2 is 1.95 bits per heavy atom. The van der Waals surface area contributed by atoms with E-state index in [0.717, 1.165) is 5.56 Å². The zero-order valence-corrected chi connectivity index (χ0v) is 11.2. The molecule has 0 saturated heterocycles. The Balaban J connectivity index is 2.01. The van der Waals surface area contributed by atoms with Crippen LogP contribution in [0.1, 0.15) is 11.3 Å². The van der Waals surface area contributed by atoms with Crippen molar-refractivity contribution in [3.63, 3.8) is 0 Å². The second kappa shape index (κ2) is 6.16. The zero-order chi connectivity index (χ0) is 13.7. The van der Waals surface area contributed by atoms with Gasteiger partial charge in [-0.25, -0.2) is 4.98 Å². The molecular formula is C15H13ClN2O. The normalized spacial score (nSPS) is 10.6. The summed E-state index contributed by atoms with van der Waals surface area (Å²) in [6.45, 7) is 1.79. The highest BCUT2D eigenvalue weighted by Crippen LogP contribution is 2.15. The molecule has 0 bridgehead atoms. The molecule has 0 aliphatic heterocycles. The Morgan fingerprint density at radius 1 is 1.21 bits per heavy atom. The summed E-state index contributed by atoms with van der Waals surface area (Å²) in [5, 5.41) is 3.27. The van der Waals surface area contributed by atoms with Crippen molar-refractivity contribution in [2.45, 2.75) is 6.92 Å². The minimum absolute atomic E-state index is 0.224. The van der Waals surface area contributed by atoms with Crippen LogP contribution in [0.5, 0.6) is 0 Å². The molecule has 0 spiro atoms. The lowest BCUT2D eigenvalue weighted by Gasteiger charge is -2.03. The average Bonchev–Trinajstić information content (AvgIpc) is 2.42. The van der Waals surface area contributed by atoms with Crippen LogP contribution in [-0.4, -0.2) is 10.9 Å². The molecule has 2 aromatic rings. The smallest absolute Gasteiger partial charge is 0.249 e. The molecule has 1 aromatic carbocycles. The van der Waals surface area contributed by atoms with Crippen LogP contribution in [0.15, 0.2) is 48.5 Å². The number of benzene rings is 1. The van der Waals surface area contributed by atoms with Gasteiger partial charge in [-0.05, 0) is 30.7 Å². The molecule has 1 amide bonds. The van der Waals surface area contributed by atoms with Crippen molar-refractivity contribution < 1.29 is 4.79 Å². The molecule has 0 aliphatic rings. The Bertz CT molecular complexity index is 609. The summed E-state index contributed by atoms with van der Waals surface area (Å²) in [5.74, 6) is 0.266. The Kier molecular flexibility index (Phi) is 4.31. The quantitative estimate of drug-likeness (QED) is 0.866. The molecule has 1 N–H and O–H groups in total. The molecule has 0 saturated carbocycles. The predicted molar refractivity (Wildman–Crippen MR) is 78.1 cm³/mol. The number of anilines is 1. The van der Waals surface area contributed by atoms with E-state index in [-0.39, 0.29) is 5.91 Å². The minimum atomic E-state index is -0.224. The monoisotopic (exact) mass is 272 g/mol. The first-order chi connectivity index (χ1) is 9.15. The number of halogens is 1. The van der Waals surface area contributed by atoms with E-state index in [1.807, 2.05) is 30.3 Å². The van der Waals surface area contributed by atoms with Gasteiger partial charge in [0.15, 0.2) is 0 Å². The van der Waals surface area contributed by atoms with Gasteiger partial charge in [0, 0.05) is 6.08 Å². The molecule has 1 heterocycles. The molecule has 2 rings (SSSR count). The molecule has 4 heteroatoms. The van der Waals surface area contributed by atoms with Gasteiger partial charge in [0.1, 0.15) is 5.82 Å². The summed E-state index contributed by atoms with van der Waals surface area (Å²) in [6.07, 6.45) is 3.22. The van der Waals surface area contributed by atoms with Crippen LogP contribution >= 0.6 is 11.6 Å². The van der Waals surface area contributed by atoms with Gasteiger partial charge in [-0.15, -0.1) is 0 Å². The van der Waals surface area contributed by atoms with E-state index >= 15 is 0 Å².